The number of carbonyl (C=O) groups excluding carboxylic acids is 1. The summed E-state index contributed by atoms with van der Waals surface area (Å²) in [5, 5.41) is 3.35. The lowest BCUT2D eigenvalue weighted by molar-refractivity contribution is -0.135. The van der Waals surface area contributed by atoms with E-state index in [1.807, 2.05) is 0 Å². The Morgan fingerprint density at radius 2 is 1.71 bits per heavy atom. The Bertz CT molecular complexity index is 272. The summed E-state index contributed by atoms with van der Waals surface area (Å²) in [4.78, 5) is 14.6. The van der Waals surface area contributed by atoms with E-state index in [0.29, 0.717) is 5.91 Å². The molecule has 0 bridgehead atoms. The summed E-state index contributed by atoms with van der Waals surface area (Å²) < 4.78 is 0. The second-order valence-corrected chi connectivity index (χ2v) is 6.09. The molecule has 2 heterocycles. The number of carbonyl (C=O) groups is 1. The molecule has 3 atom stereocenters. The molecule has 3 unspecified atom stereocenters. The van der Waals surface area contributed by atoms with Crippen molar-refractivity contribution in [2.24, 2.45) is 17.8 Å². The molecule has 2 aliphatic heterocycles. The SMILES string of the molecule is O=C(C1CCCNC1)N1CC2CCCCC2C1. The highest BCUT2D eigenvalue weighted by atomic mass is 16.2. The minimum atomic E-state index is 0.268. The van der Waals surface area contributed by atoms with E-state index in [-0.39, 0.29) is 5.92 Å². The molecule has 3 nitrogen and oxygen atoms in total. The molecule has 0 aromatic carbocycles. The fourth-order valence-corrected chi connectivity index (χ4v) is 3.91. The summed E-state index contributed by atoms with van der Waals surface area (Å²) in [5.41, 5.74) is 0. The van der Waals surface area contributed by atoms with Gasteiger partial charge in [0.25, 0.3) is 0 Å². The van der Waals surface area contributed by atoms with Gasteiger partial charge in [0, 0.05) is 19.6 Å². The van der Waals surface area contributed by atoms with Crippen LogP contribution in [0.1, 0.15) is 38.5 Å². The van der Waals surface area contributed by atoms with Crippen LogP contribution in [-0.2, 0) is 4.79 Å². The van der Waals surface area contributed by atoms with Gasteiger partial charge in [-0.3, -0.25) is 4.79 Å². The normalized spacial score (nSPS) is 37.9. The Morgan fingerprint density at radius 3 is 2.29 bits per heavy atom. The fourth-order valence-electron chi connectivity index (χ4n) is 3.91. The number of rotatable bonds is 1. The van der Waals surface area contributed by atoms with E-state index < -0.39 is 0 Å². The molecule has 1 saturated carbocycles. The van der Waals surface area contributed by atoms with E-state index in [9.17, 15) is 4.79 Å². The van der Waals surface area contributed by atoms with E-state index in [4.69, 9.17) is 0 Å². The molecular weight excluding hydrogens is 212 g/mol. The number of likely N-dealkylation sites (tertiary alicyclic amines) is 1. The number of piperidine rings is 1. The van der Waals surface area contributed by atoms with Gasteiger partial charge in [-0.1, -0.05) is 12.8 Å². The number of nitrogens with zero attached hydrogens (tertiary/aromatic N) is 1. The van der Waals surface area contributed by atoms with E-state index in [1.54, 1.807) is 0 Å². The van der Waals surface area contributed by atoms with Crippen molar-refractivity contribution in [3.8, 4) is 0 Å². The smallest absolute Gasteiger partial charge is 0.226 e. The second kappa shape index (κ2) is 4.97. The Morgan fingerprint density at radius 1 is 1.00 bits per heavy atom. The van der Waals surface area contributed by atoms with Crippen LogP contribution >= 0.6 is 0 Å². The van der Waals surface area contributed by atoms with Crippen LogP contribution in [0.15, 0.2) is 0 Å². The molecule has 3 rings (SSSR count). The van der Waals surface area contributed by atoms with Crippen LogP contribution in [0.2, 0.25) is 0 Å². The highest BCUT2D eigenvalue weighted by molar-refractivity contribution is 5.79. The summed E-state index contributed by atoms with van der Waals surface area (Å²) in [7, 11) is 0. The fraction of sp³-hybridized carbons (Fsp3) is 0.929. The maximum atomic E-state index is 12.4. The van der Waals surface area contributed by atoms with E-state index in [1.165, 1.54) is 25.7 Å². The first kappa shape index (κ1) is 11.5. The standard InChI is InChI=1S/C14H24N2O/c17-14(11-6-3-7-15-8-11)16-9-12-4-1-2-5-13(12)10-16/h11-13,15H,1-10H2. The third-order valence-corrected chi connectivity index (χ3v) is 4.93. The maximum absolute atomic E-state index is 12.4. The third-order valence-electron chi connectivity index (χ3n) is 4.93. The van der Waals surface area contributed by atoms with Crippen molar-refractivity contribution in [2.45, 2.75) is 38.5 Å². The summed E-state index contributed by atoms with van der Waals surface area (Å²) >= 11 is 0. The quantitative estimate of drug-likeness (QED) is 0.750. The van der Waals surface area contributed by atoms with Crippen molar-refractivity contribution < 1.29 is 4.79 Å². The van der Waals surface area contributed by atoms with Gasteiger partial charge in [0.15, 0.2) is 0 Å². The van der Waals surface area contributed by atoms with Gasteiger partial charge < -0.3 is 10.2 Å². The van der Waals surface area contributed by atoms with Crippen molar-refractivity contribution in [3.63, 3.8) is 0 Å². The molecule has 3 fully saturated rings. The maximum Gasteiger partial charge on any atom is 0.226 e. The van der Waals surface area contributed by atoms with Crippen LogP contribution in [0.5, 0.6) is 0 Å². The zero-order chi connectivity index (χ0) is 11.7. The topological polar surface area (TPSA) is 32.3 Å². The molecule has 1 aliphatic carbocycles. The van der Waals surface area contributed by atoms with E-state index >= 15 is 0 Å². The molecule has 0 radical (unpaired) electrons. The molecule has 1 amide bonds. The monoisotopic (exact) mass is 236 g/mol. The van der Waals surface area contributed by atoms with Crippen molar-refractivity contribution in [2.75, 3.05) is 26.2 Å². The van der Waals surface area contributed by atoms with Crippen LogP contribution in [0.3, 0.4) is 0 Å². The number of nitrogens with one attached hydrogen (secondary N) is 1. The highest BCUT2D eigenvalue weighted by Crippen LogP contribution is 2.36. The number of hydrogen-bond acceptors (Lipinski definition) is 2. The third kappa shape index (κ3) is 2.35. The number of hydrogen-bond donors (Lipinski definition) is 1. The summed E-state index contributed by atoms with van der Waals surface area (Å²) in [6.45, 7) is 4.11. The molecule has 3 aliphatic rings. The van der Waals surface area contributed by atoms with Gasteiger partial charge in [0.05, 0.1) is 5.92 Å². The van der Waals surface area contributed by atoms with Gasteiger partial charge in [-0.15, -0.1) is 0 Å². The highest BCUT2D eigenvalue weighted by Gasteiger charge is 2.38. The van der Waals surface area contributed by atoms with E-state index in [0.717, 1.165) is 50.9 Å². The molecule has 0 aromatic rings. The molecule has 3 heteroatoms. The summed E-state index contributed by atoms with van der Waals surface area (Å²) in [5.74, 6) is 2.35. The molecule has 0 aromatic heterocycles. The Balaban J connectivity index is 1.59. The molecular formula is C14H24N2O. The average molecular weight is 236 g/mol. The lowest BCUT2D eigenvalue weighted by Crippen LogP contribution is -2.42. The first-order valence-electron chi connectivity index (χ1n) is 7.34. The summed E-state index contributed by atoms with van der Waals surface area (Å²) in [6, 6.07) is 0. The van der Waals surface area contributed by atoms with Gasteiger partial charge in [0.1, 0.15) is 0 Å². The van der Waals surface area contributed by atoms with Crippen LogP contribution in [0.4, 0.5) is 0 Å². The second-order valence-electron chi connectivity index (χ2n) is 6.09. The predicted molar refractivity (Wildman–Crippen MR) is 67.6 cm³/mol. The van der Waals surface area contributed by atoms with Gasteiger partial charge >= 0.3 is 0 Å². The summed E-state index contributed by atoms with van der Waals surface area (Å²) in [6.07, 6.45) is 7.74. The minimum Gasteiger partial charge on any atom is -0.342 e. The van der Waals surface area contributed by atoms with Gasteiger partial charge in [-0.2, -0.15) is 0 Å². The zero-order valence-corrected chi connectivity index (χ0v) is 10.7. The zero-order valence-electron chi connectivity index (χ0n) is 10.7. The van der Waals surface area contributed by atoms with Crippen molar-refractivity contribution in [1.82, 2.24) is 10.2 Å². The Labute approximate surface area is 104 Å². The molecule has 1 N–H and O–H groups in total. The molecule has 2 saturated heterocycles. The average Bonchev–Trinajstić information content (AvgIpc) is 2.82. The van der Waals surface area contributed by atoms with Gasteiger partial charge in [-0.25, -0.2) is 0 Å². The van der Waals surface area contributed by atoms with Crippen LogP contribution in [-0.4, -0.2) is 37.0 Å². The largest absolute Gasteiger partial charge is 0.342 e. The Hall–Kier alpha value is -0.570. The number of amides is 1. The van der Waals surface area contributed by atoms with Crippen LogP contribution in [0.25, 0.3) is 0 Å². The molecule has 96 valence electrons. The van der Waals surface area contributed by atoms with Gasteiger partial charge in [-0.05, 0) is 44.1 Å². The first-order chi connectivity index (χ1) is 8.34. The lowest BCUT2D eigenvalue weighted by atomic mass is 9.82. The minimum absolute atomic E-state index is 0.268. The lowest BCUT2D eigenvalue weighted by Gasteiger charge is -2.26. The van der Waals surface area contributed by atoms with Crippen molar-refractivity contribution in [3.05, 3.63) is 0 Å². The molecule has 17 heavy (non-hydrogen) atoms. The Kier molecular flexibility index (Phi) is 3.37. The molecule has 0 spiro atoms. The van der Waals surface area contributed by atoms with Gasteiger partial charge in [0.2, 0.25) is 5.91 Å². The number of fused-ring (bicyclic) bond motifs is 1. The van der Waals surface area contributed by atoms with Crippen molar-refractivity contribution >= 4 is 5.91 Å². The van der Waals surface area contributed by atoms with Crippen molar-refractivity contribution in [1.29, 1.82) is 0 Å². The first-order valence-corrected chi connectivity index (χ1v) is 7.34. The van der Waals surface area contributed by atoms with Crippen LogP contribution < -0.4 is 5.32 Å². The van der Waals surface area contributed by atoms with Crippen LogP contribution in [0, 0.1) is 17.8 Å². The van der Waals surface area contributed by atoms with E-state index in [2.05, 4.69) is 10.2 Å². The predicted octanol–water partition coefficient (Wildman–Crippen LogP) is 1.63.